The summed E-state index contributed by atoms with van der Waals surface area (Å²) in [6.45, 7) is 4.34. The van der Waals surface area contributed by atoms with Crippen molar-refractivity contribution in [2.45, 2.75) is 19.8 Å². The number of hydrogen-bond acceptors (Lipinski definition) is 5. The number of aromatic nitrogens is 1. The third-order valence-corrected chi connectivity index (χ3v) is 5.27. The Morgan fingerprint density at radius 3 is 2.50 bits per heavy atom. The molecule has 2 aromatic rings. The van der Waals surface area contributed by atoms with Gasteiger partial charge in [-0.05, 0) is 13.3 Å². The highest BCUT2D eigenvalue weighted by molar-refractivity contribution is 7.13. The van der Waals surface area contributed by atoms with Crippen LogP contribution in [0.15, 0.2) is 35.7 Å². The fraction of sp³-hybridized carbons (Fsp3) is 0.421. The molecular weight excluding hydrogens is 350 g/mol. The van der Waals surface area contributed by atoms with Crippen molar-refractivity contribution in [3.8, 4) is 10.6 Å². The molecule has 0 radical (unpaired) electrons. The van der Waals surface area contributed by atoms with Crippen molar-refractivity contribution in [1.82, 2.24) is 14.8 Å². The first-order chi connectivity index (χ1) is 12.7. The van der Waals surface area contributed by atoms with Crippen LogP contribution >= 0.6 is 11.3 Å². The second kappa shape index (κ2) is 8.80. The molecule has 0 saturated carbocycles. The first-order valence-electron chi connectivity index (χ1n) is 8.86. The van der Waals surface area contributed by atoms with Gasteiger partial charge in [0.05, 0.1) is 12.3 Å². The van der Waals surface area contributed by atoms with E-state index < -0.39 is 0 Å². The molecule has 3 rings (SSSR count). The first kappa shape index (κ1) is 18.4. The van der Waals surface area contributed by atoms with Crippen LogP contribution < -0.4 is 0 Å². The van der Waals surface area contributed by atoms with E-state index in [1.54, 1.807) is 23.2 Å². The topological polar surface area (TPSA) is 62.7 Å². The zero-order valence-corrected chi connectivity index (χ0v) is 15.7. The van der Waals surface area contributed by atoms with E-state index in [0.29, 0.717) is 45.6 Å². The van der Waals surface area contributed by atoms with Crippen LogP contribution in [0.3, 0.4) is 0 Å². The molecule has 0 unspecified atom stereocenters. The summed E-state index contributed by atoms with van der Waals surface area (Å²) in [5.74, 6) is 0.114. The van der Waals surface area contributed by atoms with Crippen LogP contribution in [0.4, 0.5) is 4.79 Å². The highest BCUT2D eigenvalue weighted by Crippen LogP contribution is 2.23. The van der Waals surface area contributed by atoms with Crippen LogP contribution in [-0.2, 0) is 16.0 Å². The monoisotopic (exact) mass is 373 g/mol. The molecule has 0 atom stereocenters. The number of rotatable bonds is 5. The van der Waals surface area contributed by atoms with Gasteiger partial charge in [0.15, 0.2) is 0 Å². The minimum atomic E-state index is -0.296. The summed E-state index contributed by atoms with van der Waals surface area (Å²) in [5.41, 5.74) is 2.05. The Labute approximate surface area is 157 Å². The van der Waals surface area contributed by atoms with Crippen molar-refractivity contribution in [2.75, 3.05) is 32.8 Å². The number of hydrogen-bond donors (Lipinski definition) is 0. The van der Waals surface area contributed by atoms with Gasteiger partial charge in [0.1, 0.15) is 5.01 Å². The number of amides is 2. The zero-order chi connectivity index (χ0) is 18.4. The normalized spacial score (nSPS) is 14.3. The molecule has 0 bridgehead atoms. The maximum atomic E-state index is 12.4. The summed E-state index contributed by atoms with van der Waals surface area (Å²) >= 11 is 1.60. The van der Waals surface area contributed by atoms with Gasteiger partial charge in [0.2, 0.25) is 5.91 Å². The number of thiazole rings is 1. The lowest BCUT2D eigenvalue weighted by Gasteiger charge is -2.34. The third kappa shape index (κ3) is 4.60. The summed E-state index contributed by atoms with van der Waals surface area (Å²) < 4.78 is 5.00. The number of carbonyl (C=O) groups excluding carboxylic acids is 2. The van der Waals surface area contributed by atoms with Crippen LogP contribution in [0.5, 0.6) is 0 Å². The predicted octanol–water partition coefficient (Wildman–Crippen LogP) is 3.04. The summed E-state index contributed by atoms with van der Waals surface area (Å²) in [6.07, 6.45) is 0.785. The van der Waals surface area contributed by atoms with Crippen LogP contribution in [0.1, 0.15) is 19.0 Å². The van der Waals surface area contributed by atoms with Crippen LogP contribution in [0.2, 0.25) is 0 Å². The van der Waals surface area contributed by atoms with Gasteiger partial charge in [0, 0.05) is 43.5 Å². The molecule has 2 amide bonds. The van der Waals surface area contributed by atoms with Crippen molar-refractivity contribution in [2.24, 2.45) is 0 Å². The molecule has 1 aliphatic rings. The molecule has 1 aliphatic heterocycles. The quantitative estimate of drug-likeness (QED) is 0.808. The average molecular weight is 373 g/mol. The number of piperazine rings is 1. The van der Waals surface area contributed by atoms with E-state index in [0.717, 1.165) is 16.3 Å². The smallest absolute Gasteiger partial charge is 0.409 e. The molecular formula is C19H23N3O3S. The van der Waals surface area contributed by atoms with Gasteiger partial charge < -0.3 is 14.5 Å². The van der Waals surface area contributed by atoms with Crippen LogP contribution in [0, 0.1) is 0 Å². The molecule has 6 nitrogen and oxygen atoms in total. The lowest BCUT2D eigenvalue weighted by molar-refractivity contribution is -0.132. The summed E-state index contributed by atoms with van der Waals surface area (Å²) in [6, 6.07) is 10.1. The fourth-order valence-corrected chi connectivity index (χ4v) is 3.74. The lowest BCUT2D eigenvalue weighted by atomic mass is 10.2. The highest BCUT2D eigenvalue weighted by Gasteiger charge is 2.24. The van der Waals surface area contributed by atoms with Crippen molar-refractivity contribution in [3.63, 3.8) is 0 Å². The van der Waals surface area contributed by atoms with E-state index in [4.69, 9.17) is 4.74 Å². The van der Waals surface area contributed by atoms with Gasteiger partial charge in [-0.25, -0.2) is 9.78 Å². The van der Waals surface area contributed by atoms with Crippen molar-refractivity contribution < 1.29 is 14.3 Å². The Kier molecular flexibility index (Phi) is 6.22. The molecule has 1 aromatic carbocycles. The minimum Gasteiger partial charge on any atom is -0.450 e. The molecule has 26 heavy (non-hydrogen) atoms. The Morgan fingerprint density at radius 1 is 1.12 bits per heavy atom. The van der Waals surface area contributed by atoms with Gasteiger partial charge in [0.25, 0.3) is 0 Å². The maximum absolute atomic E-state index is 12.4. The Hall–Kier alpha value is -2.41. The summed E-state index contributed by atoms with van der Waals surface area (Å²) in [5, 5.41) is 3.00. The number of carbonyl (C=O) groups is 2. The molecule has 0 spiro atoms. The number of aryl methyl sites for hydroxylation is 1. The Morgan fingerprint density at radius 2 is 1.81 bits per heavy atom. The van der Waals surface area contributed by atoms with Gasteiger partial charge in [-0.2, -0.15) is 0 Å². The predicted molar refractivity (Wildman–Crippen MR) is 101 cm³/mol. The van der Waals surface area contributed by atoms with E-state index in [1.165, 1.54) is 0 Å². The van der Waals surface area contributed by atoms with Crippen LogP contribution in [0.25, 0.3) is 10.6 Å². The SMILES string of the molecule is CCOC(=O)N1CCN(C(=O)CCc2csc(-c3ccccc3)n2)CC1. The van der Waals surface area contributed by atoms with Crippen molar-refractivity contribution >= 4 is 23.3 Å². The van der Waals surface area contributed by atoms with Gasteiger partial charge in [-0.15, -0.1) is 11.3 Å². The molecule has 7 heteroatoms. The summed E-state index contributed by atoms with van der Waals surface area (Å²) in [7, 11) is 0. The Balaban J connectivity index is 1.46. The van der Waals surface area contributed by atoms with E-state index in [1.807, 2.05) is 40.6 Å². The molecule has 2 heterocycles. The second-order valence-corrected chi connectivity index (χ2v) is 6.93. The Bertz CT molecular complexity index is 739. The summed E-state index contributed by atoms with van der Waals surface area (Å²) in [4.78, 5) is 32.2. The molecule has 0 N–H and O–H groups in total. The number of ether oxygens (including phenoxy) is 1. The fourth-order valence-electron chi connectivity index (χ4n) is 2.88. The highest BCUT2D eigenvalue weighted by atomic mass is 32.1. The standard InChI is InChI=1S/C19H23N3O3S/c1-2-25-19(24)22-12-10-21(11-13-22)17(23)9-8-16-14-26-18(20-16)15-6-4-3-5-7-15/h3-7,14H,2,8-13H2,1H3. The van der Waals surface area contributed by atoms with Gasteiger partial charge in [-0.1, -0.05) is 30.3 Å². The minimum absolute atomic E-state index is 0.114. The maximum Gasteiger partial charge on any atom is 0.409 e. The van der Waals surface area contributed by atoms with Crippen LogP contribution in [-0.4, -0.2) is 59.6 Å². The molecule has 0 aliphatic carbocycles. The second-order valence-electron chi connectivity index (χ2n) is 6.08. The van der Waals surface area contributed by atoms with E-state index >= 15 is 0 Å². The van der Waals surface area contributed by atoms with E-state index in [-0.39, 0.29) is 12.0 Å². The molecule has 1 fully saturated rings. The lowest BCUT2D eigenvalue weighted by Crippen LogP contribution is -2.50. The number of benzene rings is 1. The van der Waals surface area contributed by atoms with E-state index in [9.17, 15) is 9.59 Å². The van der Waals surface area contributed by atoms with Gasteiger partial charge >= 0.3 is 6.09 Å². The third-order valence-electron chi connectivity index (χ3n) is 4.33. The van der Waals surface area contributed by atoms with Crippen molar-refractivity contribution in [1.29, 1.82) is 0 Å². The largest absolute Gasteiger partial charge is 0.450 e. The zero-order valence-electron chi connectivity index (χ0n) is 14.9. The number of nitrogens with zero attached hydrogens (tertiary/aromatic N) is 3. The first-order valence-corrected chi connectivity index (χ1v) is 9.74. The molecule has 138 valence electrons. The van der Waals surface area contributed by atoms with Gasteiger partial charge in [-0.3, -0.25) is 4.79 Å². The molecule has 1 saturated heterocycles. The van der Waals surface area contributed by atoms with Crippen molar-refractivity contribution in [3.05, 3.63) is 41.4 Å². The average Bonchev–Trinajstić information content (AvgIpc) is 3.16. The van der Waals surface area contributed by atoms with E-state index in [2.05, 4.69) is 4.98 Å². The molecule has 1 aromatic heterocycles.